The van der Waals surface area contributed by atoms with Gasteiger partial charge in [0.1, 0.15) is 23.1 Å². The van der Waals surface area contributed by atoms with Gasteiger partial charge in [-0.1, -0.05) is 71.7 Å². The van der Waals surface area contributed by atoms with Crippen molar-refractivity contribution in [2.45, 2.75) is 103 Å². The van der Waals surface area contributed by atoms with Crippen molar-refractivity contribution < 1.29 is 9.84 Å². The summed E-state index contributed by atoms with van der Waals surface area (Å²) in [5.41, 5.74) is 6.55. The third-order valence-corrected chi connectivity index (χ3v) is 12.0. The molecule has 0 atom stereocenters. The molecule has 0 bridgehead atoms. The number of hydrogen-bond donors (Lipinski definition) is 5. The van der Waals surface area contributed by atoms with Crippen molar-refractivity contribution in [1.82, 2.24) is 20.6 Å². The third kappa shape index (κ3) is 12.6. The van der Waals surface area contributed by atoms with Crippen molar-refractivity contribution in [1.29, 1.82) is 0 Å². The van der Waals surface area contributed by atoms with Crippen LogP contribution in [0.3, 0.4) is 0 Å². The molecule has 63 heavy (non-hydrogen) atoms. The molecule has 10 nitrogen and oxygen atoms in total. The van der Waals surface area contributed by atoms with Crippen LogP contribution in [0, 0.1) is 0 Å². The highest BCUT2D eigenvalue weighted by molar-refractivity contribution is 6.31. The second kappa shape index (κ2) is 20.2. The lowest BCUT2D eigenvalue weighted by Gasteiger charge is -2.37. The van der Waals surface area contributed by atoms with Gasteiger partial charge in [0.15, 0.2) is 0 Å². The van der Waals surface area contributed by atoms with E-state index < -0.39 is 0 Å². The Kier molecular flexibility index (Phi) is 14.8. The molecule has 0 saturated carbocycles. The van der Waals surface area contributed by atoms with Crippen LogP contribution in [0.4, 0.5) is 23.0 Å². The smallest absolute Gasteiger partial charge is 0.129 e. The van der Waals surface area contributed by atoms with E-state index in [0.717, 1.165) is 91.4 Å². The number of anilines is 4. The Morgan fingerprint density at radius 2 is 1.03 bits per heavy atom. The zero-order valence-electron chi connectivity index (χ0n) is 37.9. The van der Waals surface area contributed by atoms with Crippen molar-refractivity contribution >= 4 is 68.0 Å². The van der Waals surface area contributed by atoms with Gasteiger partial charge in [0.05, 0.1) is 18.1 Å². The number of hydrogen-bond acceptors (Lipinski definition) is 10. The van der Waals surface area contributed by atoms with Gasteiger partial charge in [-0.3, -0.25) is 0 Å². The van der Waals surface area contributed by atoms with Crippen LogP contribution >= 0.6 is 23.2 Å². The van der Waals surface area contributed by atoms with Crippen molar-refractivity contribution in [3.63, 3.8) is 0 Å². The van der Waals surface area contributed by atoms with E-state index in [2.05, 4.69) is 121 Å². The second-order valence-electron chi connectivity index (χ2n) is 18.8. The molecule has 0 spiro atoms. The van der Waals surface area contributed by atoms with E-state index in [0.29, 0.717) is 35.2 Å². The Labute approximate surface area is 383 Å². The highest BCUT2D eigenvalue weighted by atomic mass is 35.5. The van der Waals surface area contributed by atoms with Gasteiger partial charge < -0.3 is 40.9 Å². The van der Waals surface area contributed by atoms with E-state index in [4.69, 9.17) is 37.9 Å². The summed E-state index contributed by atoms with van der Waals surface area (Å²) in [7, 11) is 1.67. The Morgan fingerprint density at radius 3 is 1.48 bits per heavy atom. The zero-order chi connectivity index (χ0) is 44.7. The van der Waals surface area contributed by atoms with Gasteiger partial charge in [-0.2, -0.15) is 0 Å². The maximum atomic E-state index is 10.1. The van der Waals surface area contributed by atoms with E-state index in [-0.39, 0.29) is 16.8 Å². The molecule has 4 aromatic carbocycles. The number of halogens is 2. The van der Waals surface area contributed by atoms with Gasteiger partial charge in [0.25, 0.3) is 0 Å². The van der Waals surface area contributed by atoms with Crippen LogP contribution in [0.1, 0.15) is 78.4 Å². The van der Waals surface area contributed by atoms with Crippen LogP contribution in [0.25, 0.3) is 21.8 Å². The lowest BCUT2D eigenvalue weighted by molar-refractivity contribution is 0.317. The Morgan fingerprint density at radius 1 is 0.603 bits per heavy atom. The molecule has 4 heterocycles. The molecule has 0 unspecified atom stereocenters. The van der Waals surface area contributed by atoms with Gasteiger partial charge in [0, 0.05) is 118 Å². The number of para-hydroxylation sites is 2. The quantitative estimate of drug-likeness (QED) is 0.0863. The van der Waals surface area contributed by atoms with Gasteiger partial charge >= 0.3 is 0 Å². The van der Waals surface area contributed by atoms with Crippen LogP contribution < -0.4 is 35.8 Å². The second-order valence-corrected chi connectivity index (χ2v) is 19.7. The first-order chi connectivity index (χ1) is 30.1. The van der Waals surface area contributed by atoms with Crippen molar-refractivity contribution in [2.24, 2.45) is 0 Å². The lowest BCUT2D eigenvalue weighted by Crippen LogP contribution is -2.49. The van der Waals surface area contributed by atoms with Crippen molar-refractivity contribution in [3.8, 4) is 11.5 Å². The number of aromatic hydroxyl groups is 1. The molecule has 0 aliphatic carbocycles. The van der Waals surface area contributed by atoms with Crippen LogP contribution in [-0.4, -0.2) is 71.5 Å². The van der Waals surface area contributed by atoms with E-state index in [1.54, 1.807) is 19.2 Å². The standard InChI is InChI=1S/C26H33ClN4O.C25H31ClN4O/c1-26(2,3)30-20-11-13-31(14-12-20)23-16-25(29-22-8-6-5-7-21(22)23)28-17-18-9-10-19(27)15-24(18)32-4;1-25(2,3)29-19-10-12-30(13-11-19)22-15-24(28-21-7-5-4-6-20(21)22)27-16-17-8-9-18(26)14-23(17)31/h5-10,15-16,20,30H,11-14,17H2,1-4H3,(H,28,29);4-9,14-15,19,29,31H,10-13,16H2,1-3H3,(H,27,28). The number of rotatable bonds is 11. The molecule has 2 aliphatic heterocycles. The Hall–Kier alpha value is -5.00. The molecule has 0 amide bonds. The molecule has 2 aromatic heterocycles. The average molecular weight is 892 g/mol. The monoisotopic (exact) mass is 890 g/mol. The van der Waals surface area contributed by atoms with E-state index in [1.165, 1.54) is 22.1 Å². The number of phenolic OH excluding ortho intramolecular Hbond substituents is 1. The number of ether oxygens (including phenoxy) is 1. The summed E-state index contributed by atoms with van der Waals surface area (Å²) >= 11 is 12.1. The van der Waals surface area contributed by atoms with E-state index in [9.17, 15) is 5.11 Å². The summed E-state index contributed by atoms with van der Waals surface area (Å²) in [6.45, 7) is 18.6. The highest BCUT2D eigenvalue weighted by Crippen LogP contribution is 2.34. The normalized spacial score (nSPS) is 15.3. The minimum Gasteiger partial charge on any atom is -0.508 e. The number of piperidine rings is 2. The Bertz CT molecular complexity index is 2470. The topological polar surface area (TPSA) is 110 Å². The number of aromatic nitrogens is 2. The number of phenols is 1. The van der Waals surface area contributed by atoms with Crippen LogP contribution in [0.15, 0.2) is 97.1 Å². The van der Waals surface area contributed by atoms with Crippen molar-refractivity contribution in [2.75, 3.05) is 53.7 Å². The lowest BCUT2D eigenvalue weighted by atomic mass is 9.99. The van der Waals surface area contributed by atoms with Gasteiger partial charge in [-0.25, -0.2) is 9.97 Å². The van der Waals surface area contributed by atoms with Gasteiger partial charge in [0.2, 0.25) is 0 Å². The summed E-state index contributed by atoms with van der Waals surface area (Å²) in [4.78, 5) is 14.6. The average Bonchev–Trinajstić information content (AvgIpc) is 3.25. The number of benzene rings is 4. The summed E-state index contributed by atoms with van der Waals surface area (Å²) < 4.78 is 5.49. The predicted octanol–water partition coefficient (Wildman–Crippen LogP) is 11.4. The molecular formula is C51H64Cl2N8O2. The molecule has 0 radical (unpaired) electrons. The van der Waals surface area contributed by atoms with Crippen molar-refractivity contribution in [3.05, 3.63) is 118 Å². The minimum absolute atomic E-state index is 0.139. The Balaban J connectivity index is 0.000000189. The minimum atomic E-state index is 0.139. The highest BCUT2D eigenvalue weighted by Gasteiger charge is 2.26. The fourth-order valence-electron chi connectivity index (χ4n) is 8.70. The summed E-state index contributed by atoms with van der Waals surface area (Å²) in [6, 6.07) is 33.0. The fourth-order valence-corrected chi connectivity index (χ4v) is 9.02. The first-order valence-corrected chi connectivity index (χ1v) is 23.0. The van der Waals surface area contributed by atoms with Gasteiger partial charge in [-0.05, 0) is 104 Å². The zero-order valence-corrected chi connectivity index (χ0v) is 39.4. The largest absolute Gasteiger partial charge is 0.508 e. The maximum Gasteiger partial charge on any atom is 0.129 e. The number of methoxy groups -OCH3 is 1. The molecule has 2 aliphatic rings. The molecule has 2 fully saturated rings. The summed E-state index contributed by atoms with van der Waals surface area (Å²) in [5, 5.41) is 28.1. The fraction of sp³-hybridized carbons (Fsp3) is 0.412. The SMILES string of the molecule is CC(C)(C)NC1CCN(c2cc(NCc3ccc(Cl)cc3O)nc3ccccc23)CC1.COc1cc(Cl)ccc1CNc1cc(N2CCC(NC(C)(C)C)CC2)c2ccccc2n1. The first kappa shape index (κ1) is 46.0. The molecule has 2 saturated heterocycles. The van der Waals surface area contributed by atoms with E-state index in [1.807, 2.05) is 36.4 Å². The molecule has 5 N–H and O–H groups in total. The number of fused-ring (bicyclic) bond motifs is 2. The molecule has 8 rings (SSSR count). The van der Waals surface area contributed by atoms with Crippen LogP contribution in [0.5, 0.6) is 11.5 Å². The molecule has 6 aromatic rings. The van der Waals surface area contributed by atoms with Crippen LogP contribution in [0.2, 0.25) is 10.0 Å². The summed E-state index contributed by atoms with van der Waals surface area (Å²) in [6.07, 6.45) is 4.52. The van der Waals surface area contributed by atoms with E-state index >= 15 is 0 Å². The predicted molar refractivity (Wildman–Crippen MR) is 266 cm³/mol. The summed E-state index contributed by atoms with van der Waals surface area (Å²) in [5.74, 6) is 2.64. The number of nitrogens with one attached hydrogen (secondary N) is 4. The van der Waals surface area contributed by atoms with Gasteiger partial charge in [-0.15, -0.1) is 0 Å². The number of pyridine rings is 2. The maximum absolute atomic E-state index is 10.1. The molecule has 334 valence electrons. The number of nitrogens with zero attached hydrogens (tertiary/aromatic N) is 4. The van der Waals surface area contributed by atoms with Crippen LogP contribution in [-0.2, 0) is 13.1 Å². The molecular weight excluding hydrogens is 828 g/mol. The molecule has 12 heteroatoms. The first-order valence-electron chi connectivity index (χ1n) is 22.2. The third-order valence-electron chi connectivity index (χ3n) is 11.6.